The molecule has 5 N–H and O–H groups in total. The van der Waals surface area contributed by atoms with Gasteiger partial charge in [-0.15, -0.1) is 0 Å². The van der Waals surface area contributed by atoms with Crippen LogP contribution in [-0.2, 0) is 21.6 Å². The van der Waals surface area contributed by atoms with Gasteiger partial charge in [-0.2, -0.15) is 8.42 Å². The van der Waals surface area contributed by atoms with Crippen LogP contribution in [-0.4, -0.2) is 65.4 Å². The summed E-state index contributed by atoms with van der Waals surface area (Å²) in [7, 11) is -4.67. The molecule has 0 bridgehead atoms. The summed E-state index contributed by atoms with van der Waals surface area (Å²) in [5.41, 5.74) is 5.82. The number of fused-ring (bicyclic) bond motifs is 2. The Bertz CT molecular complexity index is 1290. The Morgan fingerprint density at radius 3 is 2.50 bits per heavy atom. The van der Waals surface area contributed by atoms with Crippen LogP contribution in [0.25, 0.3) is 11.1 Å². The quantitative estimate of drug-likeness (QED) is 0.289. The zero-order chi connectivity index (χ0) is 26.6. The number of hydrogen-bond acceptors (Lipinski definition) is 5. The van der Waals surface area contributed by atoms with Crippen molar-refractivity contribution in [2.24, 2.45) is 0 Å². The molecule has 0 atom stereocenters. The molecule has 1 aromatic heterocycles. The van der Waals surface area contributed by atoms with Crippen molar-refractivity contribution < 1.29 is 31.5 Å². The Kier molecular flexibility index (Phi) is 8.67. The second-order valence-corrected chi connectivity index (χ2v) is 9.46. The first-order valence-electron chi connectivity index (χ1n) is 11.7. The van der Waals surface area contributed by atoms with E-state index >= 15 is 0 Å². The number of amides is 2. The number of carbonyl (C=O) groups excluding carboxylic acids is 2. The van der Waals surface area contributed by atoms with Crippen LogP contribution in [0.4, 0.5) is 10.1 Å². The molecule has 2 aliphatic rings. The monoisotopic (exact) mass is 522 g/mol. The molecular formula is C24H31FN4O6S. The van der Waals surface area contributed by atoms with Crippen molar-refractivity contribution in [1.29, 1.82) is 0 Å². The van der Waals surface area contributed by atoms with Gasteiger partial charge in [0, 0.05) is 35.7 Å². The summed E-state index contributed by atoms with van der Waals surface area (Å²) in [6, 6.07) is 4.34. The van der Waals surface area contributed by atoms with E-state index in [9.17, 15) is 14.0 Å². The second-order valence-electron chi connectivity index (χ2n) is 8.56. The molecule has 0 spiro atoms. The van der Waals surface area contributed by atoms with E-state index < -0.39 is 10.4 Å². The van der Waals surface area contributed by atoms with Crippen molar-refractivity contribution in [2.75, 3.05) is 31.5 Å². The van der Waals surface area contributed by atoms with E-state index in [1.165, 1.54) is 12.1 Å². The second kappa shape index (κ2) is 11.3. The van der Waals surface area contributed by atoms with Gasteiger partial charge in [-0.3, -0.25) is 18.7 Å². The first kappa shape index (κ1) is 27.5. The predicted molar refractivity (Wildman–Crippen MR) is 135 cm³/mol. The van der Waals surface area contributed by atoms with Gasteiger partial charge in [0.15, 0.2) is 0 Å². The number of H-pyrrole nitrogens is 1. The van der Waals surface area contributed by atoms with Crippen LogP contribution in [0.15, 0.2) is 18.2 Å². The summed E-state index contributed by atoms with van der Waals surface area (Å²) < 4.78 is 45.5. The lowest BCUT2D eigenvalue weighted by Crippen LogP contribution is -2.35. The molecule has 1 aliphatic heterocycles. The average Bonchev–Trinajstić information content (AvgIpc) is 3.30. The lowest BCUT2D eigenvalue weighted by atomic mass is 9.86. The number of nitrogens with one attached hydrogen (secondary N) is 3. The molecular weight excluding hydrogens is 491 g/mol. The van der Waals surface area contributed by atoms with E-state index in [4.69, 9.17) is 17.5 Å². The molecule has 12 heteroatoms. The minimum Gasteiger partial charge on any atom is -0.358 e. The van der Waals surface area contributed by atoms with Crippen LogP contribution < -0.4 is 10.6 Å². The summed E-state index contributed by atoms with van der Waals surface area (Å²) in [4.78, 5) is 31.4. The summed E-state index contributed by atoms with van der Waals surface area (Å²) >= 11 is 0. The van der Waals surface area contributed by atoms with Crippen molar-refractivity contribution in [3.63, 3.8) is 0 Å². The van der Waals surface area contributed by atoms with Gasteiger partial charge < -0.3 is 20.5 Å². The number of halogens is 1. The van der Waals surface area contributed by atoms with Crippen LogP contribution in [0, 0.1) is 12.7 Å². The molecule has 0 saturated heterocycles. The number of carbonyl (C=O) groups is 2. The zero-order valence-electron chi connectivity index (χ0n) is 20.4. The summed E-state index contributed by atoms with van der Waals surface area (Å²) in [6.07, 6.45) is 2.31. The Balaban J connectivity index is 0.000000658. The van der Waals surface area contributed by atoms with Crippen molar-refractivity contribution in [1.82, 2.24) is 15.2 Å². The normalized spacial score (nSPS) is 16.7. The third-order valence-electron chi connectivity index (χ3n) is 6.31. The minimum atomic E-state index is -4.67. The van der Waals surface area contributed by atoms with Gasteiger partial charge in [0.2, 0.25) is 0 Å². The fourth-order valence-electron chi connectivity index (χ4n) is 4.70. The topological polar surface area (TPSA) is 152 Å². The van der Waals surface area contributed by atoms with E-state index in [-0.39, 0.29) is 17.6 Å². The summed E-state index contributed by atoms with van der Waals surface area (Å²) in [5.74, 6) is -0.683. The Morgan fingerprint density at radius 1 is 1.19 bits per heavy atom. The van der Waals surface area contributed by atoms with Crippen molar-refractivity contribution in [2.45, 2.75) is 40.0 Å². The van der Waals surface area contributed by atoms with Crippen LogP contribution in [0.5, 0.6) is 0 Å². The molecule has 36 heavy (non-hydrogen) atoms. The maximum Gasteiger partial charge on any atom is 0.394 e. The molecule has 0 unspecified atom stereocenters. The average molecular weight is 523 g/mol. The molecule has 196 valence electrons. The highest BCUT2D eigenvalue weighted by Crippen LogP contribution is 2.43. The van der Waals surface area contributed by atoms with Gasteiger partial charge >= 0.3 is 10.4 Å². The molecule has 0 saturated carbocycles. The predicted octanol–water partition coefficient (Wildman–Crippen LogP) is 3.08. The molecule has 2 amide bonds. The first-order valence-corrected chi connectivity index (χ1v) is 13.1. The van der Waals surface area contributed by atoms with Gasteiger partial charge in [0.25, 0.3) is 11.8 Å². The van der Waals surface area contributed by atoms with Crippen LogP contribution >= 0.6 is 0 Å². The molecule has 0 radical (unpaired) electrons. The fraction of sp³-hybridized carbons (Fsp3) is 0.417. The third-order valence-corrected chi connectivity index (χ3v) is 6.31. The lowest BCUT2D eigenvalue weighted by Gasteiger charge is -2.19. The molecule has 10 nitrogen and oxygen atoms in total. The molecule has 0 fully saturated rings. The molecule has 4 rings (SSSR count). The van der Waals surface area contributed by atoms with Crippen molar-refractivity contribution >= 4 is 39.0 Å². The lowest BCUT2D eigenvalue weighted by molar-refractivity contribution is -0.110. The molecule has 1 aliphatic carbocycles. The summed E-state index contributed by atoms with van der Waals surface area (Å²) in [5, 5.41) is 5.88. The number of allylic oxidation sites excluding steroid dienone is 1. The Morgan fingerprint density at radius 2 is 1.86 bits per heavy atom. The van der Waals surface area contributed by atoms with E-state index in [2.05, 4.69) is 34.4 Å². The number of aromatic nitrogens is 1. The highest BCUT2D eigenvalue weighted by molar-refractivity contribution is 7.79. The minimum absolute atomic E-state index is 0.0873. The summed E-state index contributed by atoms with van der Waals surface area (Å²) in [6.45, 7) is 9.40. The molecule has 2 heterocycles. The number of benzene rings is 1. The fourth-order valence-corrected chi connectivity index (χ4v) is 4.70. The first-order chi connectivity index (χ1) is 16.9. The number of nitrogens with zero attached hydrogens (tertiary/aromatic N) is 1. The van der Waals surface area contributed by atoms with Gasteiger partial charge in [0.1, 0.15) is 5.82 Å². The largest absolute Gasteiger partial charge is 0.394 e. The number of anilines is 1. The maximum absolute atomic E-state index is 13.9. The van der Waals surface area contributed by atoms with E-state index in [0.29, 0.717) is 35.4 Å². The van der Waals surface area contributed by atoms with Gasteiger partial charge in [0.05, 0.1) is 11.1 Å². The Hall–Kier alpha value is -3.06. The maximum atomic E-state index is 13.9. The van der Waals surface area contributed by atoms with Crippen LogP contribution in [0.1, 0.15) is 59.6 Å². The number of rotatable bonds is 6. The van der Waals surface area contributed by atoms with Gasteiger partial charge in [-0.25, -0.2) is 4.39 Å². The molecule has 1 aromatic carbocycles. The van der Waals surface area contributed by atoms with E-state index in [1.807, 2.05) is 6.92 Å². The molecule has 2 aromatic rings. The van der Waals surface area contributed by atoms with E-state index in [0.717, 1.165) is 55.0 Å². The van der Waals surface area contributed by atoms with Gasteiger partial charge in [-0.1, -0.05) is 13.8 Å². The van der Waals surface area contributed by atoms with Crippen molar-refractivity contribution in [3.8, 4) is 0 Å². The van der Waals surface area contributed by atoms with Crippen LogP contribution in [0.2, 0.25) is 0 Å². The van der Waals surface area contributed by atoms with E-state index in [1.54, 1.807) is 6.07 Å². The smallest absolute Gasteiger partial charge is 0.358 e. The number of aromatic amines is 1. The SMILES string of the molecule is CCN(CC)CCNC(=O)c1c(C)[nH]c2c1CCCC2=C1C(=O)Nc2ccc(F)cc21.O=S(=O)(O)O. The zero-order valence-corrected chi connectivity index (χ0v) is 21.3. The van der Waals surface area contributed by atoms with Gasteiger partial charge in [-0.05, 0) is 68.6 Å². The third kappa shape index (κ3) is 6.38. The highest BCUT2D eigenvalue weighted by Gasteiger charge is 2.33. The standard InChI is InChI=1S/C24H29FN4O2.H2O4S/c1-4-29(5-2)12-11-26-23(30)20-14(3)27-22-16(20)7-6-8-17(22)21-18-13-15(25)9-10-19(18)28-24(21)31;1-5(2,3)4/h9-10,13,27H,4-8,11-12H2,1-3H3,(H,26,30)(H,28,31);(H2,1,2,3,4). The highest BCUT2D eigenvalue weighted by atomic mass is 32.3. The van der Waals surface area contributed by atoms with Crippen molar-refractivity contribution in [3.05, 3.63) is 52.1 Å². The number of hydrogen-bond donors (Lipinski definition) is 5. The number of likely N-dealkylation sites (N-methyl/N-ethyl adjacent to an activating group) is 1. The number of aryl methyl sites for hydroxylation is 1. The Labute approximate surface area is 209 Å². The van der Waals surface area contributed by atoms with Crippen LogP contribution in [0.3, 0.4) is 0 Å².